The molecule has 2 aromatic carbocycles. The predicted octanol–water partition coefficient (Wildman–Crippen LogP) is 3.73. The van der Waals surface area contributed by atoms with Crippen LogP contribution in [0.3, 0.4) is 0 Å². The van der Waals surface area contributed by atoms with Crippen molar-refractivity contribution in [3.8, 4) is 5.75 Å². The normalized spacial score (nSPS) is 12.1. The van der Waals surface area contributed by atoms with Crippen LogP contribution in [0.5, 0.6) is 5.75 Å². The number of aromatic amines is 1. The molecule has 0 aliphatic rings. The van der Waals surface area contributed by atoms with Gasteiger partial charge in [-0.2, -0.15) is 5.10 Å². The molecule has 1 aromatic heterocycles. The van der Waals surface area contributed by atoms with E-state index in [1.165, 1.54) is 0 Å². The molecule has 1 atom stereocenters. The van der Waals surface area contributed by atoms with E-state index in [1.807, 2.05) is 42.5 Å². The Labute approximate surface area is 135 Å². The first kappa shape index (κ1) is 14.6. The minimum Gasteiger partial charge on any atom is -0.481 e. The predicted molar refractivity (Wildman–Crippen MR) is 89.0 cm³/mol. The molecule has 3 rings (SSSR count). The van der Waals surface area contributed by atoms with E-state index in [9.17, 15) is 4.79 Å². The minimum atomic E-state index is -0.612. The second kappa shape index (κ2) is 6.19. The van der Waals surface area contributed by atoms with Gasteiger partial charge in [-0.15, -0.1) is 0 Å². The number of carbonyl (C=O) groups excluding carboxylic acids is 1. The fourth-order valence-corrected chi connectivity index (χ4v) is 2.34. The van der Waals surface area contributed by atoms with Gasteiger partial charge in [0, 0.05) is 9.86 Å². The quantitative estimate of drug-likeness (QED) is 0.745. The fraction of sp³-hybridized carbons (Fsp3) is 0.125. The molecular formula is C16H14BrN3O2. The largest absolute Gasteiger partial charge is 0.481 e. The van der Waals surface area contributed by atoms with Gasteiger partial charge in [0.2, 0.25) is 0 Å². The highest BCUT2D eigenvalue weighted by Gasteiger charge is 2.16. The summed E-state index contributed by atoms with van der Waals surface area (Å²) in [6, 6.07) is 13.0. The summed E-state index contributed by atoms with van der Waals surface area (Å²) in [6.45, 7) is 1.71. The van der Waals surface area contributed by atoms with E-state index in [0.717, 1.165) is 15.4 Å². The third-order valence-electron chi connectivity index (χ3n) is 3.23. The number of benzene rings is 2. The van der Waals surface area contributed by atoms with Crippen LogP contribution in [0.15, 0.2) is 53.1 Å². The third kappa shape index (κ3) is 3.12. The molecule has 0 radical (unpaired) electrons. The van der Waals surface area contributed by atoms with Crippen molar-refractivity contribution in [2.45, 2.75) is 13.0 Å². The van der Waals surface area contributed by atoms with Gasteiger partial charge in [-0.05, 0) is 37.3 Å². The topological polar surface area (TPSA) is 67.0 Å². The van der Waals surface area contributed by atoms with Crippen LogP contribution in [-0.4, -0.2) is 22.2 Å². The molecule has 0 spiro atoms. The highest BCUT2D eigenvalue weighted by Crippen LogP contribution is 2.21. The molecule has 0 bridgehead atoms. The Kier molecular flexibility index (Phi) is 4.11. The number of carbonyl (C=O) groups is 1. The number of H-pyrrole nitrogens is 1. The van der Waals surface area contributed by atoms with E-state index in [-0.39, 0.29) is 5.91 Å². The van der Waals surface area contributed by atoms with Gasteiger partial charge in [-0.3, -0.25) is 9.89 Å². The highest BCUT2D eigenvalue weighted by molar-refractivity contribution is 9.10. The van der Waals surface area contributed by atoms with Crippen LogP contribution >= 0.6 is 15.9 Å². The molecule has 0 aliphatic carbocycles. The Balaban J connectivity index is 1.71. The first-order valence-corrected chi connectivity index (χ1v) is 7.58. The lowest BCUT2D eigenvalue weighted by atomic mass is 10.2. The van der Waals surface area contributed by atoms with Gasteiger partial charge in [-0.1, -0.05) is 28.1 Å². The average molecular weight is 360 g/mol. The van der Waals surface area contributed by atoms with Crippen molar-refractivity contribution in [2.75, 3.05) is 5.32 Å². The number of fused-ring (bicyclic) bond motifs is 1. The summed E-state index contributed by atoms with van der Waals surface area (Å²) in [7, 11) is 0. The van der Waals surface area contributed by atoms with Gasteiger partial charge >= 0.3 is 0 Å². The molecule has 1 unspecified atom stereocenters. The van der Waals surface area contributed by atoms with Gasteiger partial charge in [0.15, 0.2) is 6.10 Å². The van der Waals surface area contributed by atoms with Gasteiger partial charge < -0.3 is 10.1 Å². The summed E-state index contributed by atoms with van der Waals surface area (Å²) in [4.78, 5) is 12.3. The maximum absolute atomic E-state index is 12.3. The number of amides is 1. The van der Waals surface area contributed by atoms with Crippen molar-refractivity contribution in [1.29, 1.82) is 0 Å². The molecule has 3 aromatic rings. The lowest BCUT2D eigenvalue weighted by Crippen LogP contribution is -2.30. The van der Waals surface area contributed by atoms with E-state index in [2.05, 4.69) is 31.4 Å². The number of hydrogen-bond donors (Lipinski definition) is 2. The van der Waals surface area contributed by atoms with Gasteiger partial charge in [0.05, 0.1) is 17.4 Å². The van der Waals surface area contributed by atoms with Crippen molar-refractivity contribution in [3.63, 3.8) is 0 Å². The molecular weight excluding hydrogens is 346 g/mol. The number of nitrogens with zero attached hydrogens (tertiary/aromatic N) is 1. The van der Waals surface area contributed by atoms with Gasteiger partial charge in [0.1, 0.15) is 5.75 Å². The summed E-state index contributed by atoms with van der Waals surface area (Å²) in [5, 5.41) is 10.7. The van der Waals surface area contributed by atoms with E-state index >= 15 is 0 Å². The number of anilines is 1. The SMILES string of the molecule is CC(Oc1ccc(Br)cc1)C(=O)Nc1cccc2cn[nH]c12. The Morgan fingerprint density at radius 3 is 2.82 bits per heavy atom. The number of ether oxygens (including phenoxy) is 1. The van der Waals surface area contributed by atoms with Crippen molar-refractivity contribution < 1.29 is 9.53 Å². The van der Waals surface area contributed by atoms with Gasteiger partial charge in [0.25, 0.3) is 5.91 Å². The van der Waals surface area contributed by atoms with Crippen LogP contribution in [0.2, 0.25) is 0 Å². The third-order valence-corrected chi connectivity index (χ3v) is 3.76. The van der Waals surface area contributed by atoms with Crippen molar-refractivity contribution in [3.05, 3.63) is 53.1 Å². The maximum atomic E-state index is 12.3. The molecule has 22 heavy (non-hydrogen) atoms. The highest BCUT2D eigenvalue weighted by atomic mass is 79.9. The van der Waals surface area contributed by atoms with E-state index < -0.39 is 6.10 Å². The lowest BCUT2D eigenvalue weighted by Gasteiger charge is -2.15. The molecule has 1 heterocycles. The molecule has 1 amide bonds. The number of halogens is 1. The Bertz CT molecular complexity index is 799. The van der Waals surface area contributed by atoms with Crippen LogP contribution in [0.4, 0.5) is 5.69 Å². The molecule has 0 saturated carbocycles. The van der Waals surface area contributed by atoms with Crippen LogP contribution in [-0.2, 0) is 4.79 Å². The Hall–Kier alpha value is -2.34. The molecule has 0 fully saturated rings. The molecule has 5 nitrogen and oxygen atoms in total. The van der Waals surface area contributed by atoms with Crippen molar-refractivity contribution in [2.24, 2.45) is 0 Å². The standard InChI is InChI=1S/C16H14BrN3O2/c1-10(22-13-7-5-12(17)6-8-13)16(21)19-14-4-2-3-11-9-18-20-15(11)14/h2-10H,1H3,(H,18,20)(H,19,21). The van der Waals surface area contributed by atoms with Crippen LogP contribution in [0.25, 0.3) is 10.9 Å². The lowest BCUT2D eigenvalue weighted by molar-refractivity contribution is -0.122. The van der Waals surface area contributed by atoms with E-state index in [1.54, 1.807) is 13.1 Å². The Morgan fingerprint density at radius 2 is 2.05 bits per heavy atom. The van der Waals surface area contributed by atoms with Crippen molar-refractivity contribution in [1.82, 2.24) is 10.2 Å². The Morgan fingerprint density at radius 1 is 1.27 bits per heavy atom. The first-order chi connectivity index (χ1) is 10.6. The van der Waals surface area contributed by atoms with Gasteiger partial charge in [-0.25, -0.2) is 0 Å². The molecule has 0 aliphatic heterocycles. The monoisotopic (exact) mass is 359 g/mol. The molecule has 0 saturated heterocycles. The first-order valence-electron chi connectivity index (χ1n) is 6.78. The summed E-state index contributed by atoms with van der Waals surface area (Å²) >= 11 is 3.36. The summed E-state index contributed by atoms with van der Waals surface area (Å²) in [5.74, 6) is 0.426. The zero-order valence-electron chi connectivity index (χ0n) is 11.8. The number of hydrogen-bond acceptors (Lipinski definition) is 3. The second-order valence-electron chi connectivity index (χ2n) is 4.84. The molecule has 2 N–H and O–H groups in total. The summed E-state index contributed by atoms with van der Waals surface area (Å²) in [6.07, 6.45) is 1.10. The van der Waals surface area contributed by atoms with E-state index in [4.69, 9.17) is 4.74 Å². The zero-order valence-corrected chi connectivity index (χ0v) is 13.4. The minimum absolute atomic E-state index is 0.218. The number of aromatic nitrogens is 2. The second-order valence-corrected chi connectivity index (χ2v) is 5.76. The smallest absolute Gasteiger partial charge is 0.265 e. The summed E-state index contributed by atoms with van der Waals surface area (Å²) < 4.78 is 6.60. The van der Waals surface area contributed by atoms with E-state index in [0.29, 0.717) is 11.4 Å². The van der Waals surface area contributed by atoms with Crippen LogP contribution in [0, 0.1) is 0 Å². The zero-order chi connectivity index (χ0) is 15.5. The average Bonchev–Trinajstić information content (AvgIpc) is 2.99. The number of rotatable bonds is 4. The number of para-hydroxylation sites is 1. The molecule has 112 valence electrons. The fourth-order valence-electron chi connectivity index (χ4n) is 2.08. The van der Waals surface area contributed by atoms with Crippen LogP contribution < -0.4 is 10.1 Å². The molecule has 6 heteroatoms. The summed E-state index contributed by atoms with van der Waals surface area (Å²) in [5.41, 5.74) is 1.48. The van der Waals surface area contributed by atoms with Crippen molar-refractivity contribution >= 4 is 38.4 Å². The number of nitrogens with one attached hydrogen (secondary N) is 2. The van der Waals surface area contributed by atoms with Crippen LogP contribution in [0.1, 0.15) is 6.92 Å². The maximum Gasteiger partial charge on any atom is 0.265 e.